The molecule has 18 heavy (non-hydrogen) atoms. The smallest absolute Gasteiger partial charge is 0.250 e. The van der Waals surface area contributed by atoms with E-state index in [1.54, 1.807) is 16.8 Å². The molecule has 100 valence electrons. The summed E-state index contributed by atoms with van der Waals surface area (Å²) in [6.45, 7) is 5.13. The third kappa shape index (κ3) is 3.11. The number of hydrogen-bond acceptors (Lipinski definition) is 4. The third-order valence-electron chi connectivity index (χ3n) is 3.67. The Morgan fingerprint density at radius 3 is 2.94 bits per heavy atom. The van der Waals surface area contributed by atoms with Crippen LogP contribution >= 0.6 is 0 Å². The molecule has 0 saturated carbocycles. The van der Waals surface area contributed by atoms with Crippen LogP contribution in [0.5, 0.6) is 0 Å². The minimum atomic E-state index is -0.253. The molecule has 2 unspecified atom stereocenters. The summed E-state index contributed by atoms with van der Waals surface area (Å²) in [5.74, 6) is 0.372. The van der Waals surface area contributed by atoms with Gasteiger partial charge in [-0.3, -0.25) is 9.69 Å². The van der Waals surface area contributed by atoms with Crippen molar-refractivity contribution in [3.05, 3.63) is 28.7 Å². The van der Waals surface area contributed by atoms with Crippen LogP contribution in [0.4, 0.5) is 5.69 Å². The average molecular weight is 251 g/mol. The first-order chi connectivity index (χ1) is 8.56. The zero-order chi connectivity index (χ0) is 13.1. The van der Waals surface area contributed by atoms with Crippen LogP contribution in [0.25, 0.3) is 0 Å². The van der Waals surface area contributed by atoms with Crippen LogP contribution in [0.1, 0.15) is 13.3 Å². The number of aliphatic hydroxyl groups is 1. The number of rotatable bonds is 3. The van der Waals surface area contributed by atoms with Gasteiger partial charge in [0.2, 0.25) is 0 Å². The molecule has 1 aliphatic heterocycles. The summed E-state index contributed by atoms with van der Waals surface area (Å²) in [6.07, 6.45) is 2.43. The van der Waals surface area contributed by atoms with Crippen molar-refractivity contribution in [3.8, 4) is 0 Å². The van der Waals surface area contributed by atoms with Crippen LogP contribution in [-0.4, -0.2) is 40.3 Å². The van der Waals surface area contributed by atoms with Gasteiger partial charge in [-0.05, 0) is 24.9 Å². The number of nitrogens with zero attached hydrogens (tertiary/aromatic N) is 2. The van der Waals surface area contributed by atoms with Crippen molar-refractivity contribution in [1.29, 1.82) is 0 Å². The number of β-amino-alcohol motifs (C(OH)–C–C–N with tert-alkyl or cyclic N) is 1. The maximum Gasteiger partial charge on any atom is 0.250 e. The fraction of sp³-hybridized carbons (Fsp3) is 0.615. The SMILES string of the molecule is CC1CCN(CCn2cc(N)ccc2=O)CC1O. The van der Waals surface area contributed by atoms with Gasteiger partial charge in [0.1, 0.15) is 0 Å². The van der Waals surface area contributed by atoms with Crippen molar-refractivity contribution in [3.63, 3.8) is 0 Å². The number of aliphatic hydroxyl groups excluding tert-OH is 1. The highest BCUT2D eigenvalue weighted by atomic mass is 16.3. The number of nitrogen functional groups attached to an aromatic ring is 1. The van der Waals surface area contributed by atoms with Crippen LogP contribution < -0.4 is 11.3 Å². The number of hydrogen-bond donors (Lipinski definition) is 2. The normalized spacial score (nSPS) is 25.2. The van der Waals surface area contributed by atoms with E-state index < -0.39 is 0 Å². The van der Waals surface area contributed by atoms with Gasteiger partial charge in [0, 0.05) is 37.6 Å². The number of aromatic nitrogens is 1. The first-order valence-corrected chi connectivity index (χ1v) is 6.42. The van der Waals surface area contributed by atoms with Gasteiger partial charge in [0.15, 0.2) is 0 Å². The molecule has 1 aromatic heterocycles. The van der Waals surface area contributed by atoms with E-state index in [-0.39, 0.29) is 11.7 Å². The second-order valence-corrected chi connectivity index (χ2v) is 5.13. The van der Waals surface area contributed by atoms with E-state index in [9.17, 15) is 9.90 Å². The molecule has 1 aromatic rings. The van der Waals surface area contributed by atoms with Gasteiger partial charge in [-0.1, -0.05) is 6.92 Å². The second kappa shape index (κ2) is 5.54. The summed E-state index contributed by atoms with van der Waals surface area (Å²) >= 11 is 0. The lowest BCUT2D eigenvalue weighted by Crippen LogP contribution is -2.44. The summed E-state index contributed by atoms with van der Waals surface area (Å²) in [5.41, 5.74) is 6.23. The molecule has 5 heteroatoms. The summed E-state index contributed by atoms with van der Waals surface area (Å²) in [7, 11) is 0. The molecular formula is C13H21N3O2. The fourth-order valence-electron chi connectivity index (χ4n) is 2.29. The zero-order valence-corrected chi connectivity index (χ0v) is 10.7. The van der Waals surface area contributed by atoms with Crippen LogP contribution in [0.2, 0.25) is 0 Å². The molecule has 0 bridgehead atoms. The standard InChI is InChI=1S/C13H21N3O2/c1-10-4-5-15(9-12(10)17)6-7-16-8-11(14)2-3-13(16)18/h2-3,8,10,12,17H,4-7,9,14H2,1H3. The maximum atomic E-state index is 11.6. The molecule has 1 saturated heterocycles. The molecule has 1 fully saturated rings. The highest BCUT2D eigenvalue weighted by Gasteiger charge is 2.23. The molecular weight excluding hydrogens is 230 g/mol. The Kier molecular flexibility index (Phi) is 4.04. The van der Waals surface area contributed by atoms with Crippen molar-refractivity contribution in [1.82, 2.24) is 9.47 Å². The van der Waals surface area contributed by atoms with E-state index in [0.29, 0.717) is 24.7 Å². The molecule has 2 atom stereocenters. The Bertz CT molecular complexity index is 458. The lowest BCUT2D eigenvalue weighted by molar-refractivity contribution is 0.0279. The Labute approximate surface area is 107 Å². The molecule has 0 aliphatic carbocycles. The van der Waals surface area contributed by atoms with E-state index >= 15 is 0 Å². The second-order valence-electron chi connectivity index (χ2n) is 5.13. The first kappa shape index (κ1) is 13.1. The van der Waals surface area contributed by atoms with Crippen molar-refractivity contribution >= 4 is 5.69 Å². The van der Waals surface area contributed by atoms with Gasteiger partial charge >= 0.3 is 0 Å². The highest BCUT2D eigenvalue weighted by Crippen LogP contribution is 2.16. The molecule has 0 spiro atoms. The average Bonchev–Trinajstić information content (AvgIpc) is 2.34. The predicted molar refractivity (Wildman–Crippen MR) is 71.3 cm³/mol. The quantitative estimate of drug-likeness (QED) is 0.801. The number of pyridine rings is 1. The molecule has 3 N–H and O–H groups in total. The van der Waals surface area contributed by atoms with Crippen molar-refractivity contribution in [2.45, 2.75) is 26.0 Å². The van der Waals surface area contributed by atoms with Gasteiger partial charge in [-0.2, -0.15) is 0 Å². The monoisotopic (exact) mass is 251 g/mol. The van der Waals surface area contributed by atoms with E-state index in [1.165, 1.54) is 6.07 Å². The van der Waals surface area contributed by atoms with Gasteiger partial charge in [-0.15, -0.1) is 0 Å². The number of piperidine rings is 1. The molecule has 2 rings (SSSR count). The summed E-state index contributed by atoms with van der Waals surface area (Å²) in [6, 6.07) is 3.10. The minimum absolute atomic E-state index is 0.0323. The highest BCUT2D eigenvalue weighted by molar-refractivity contribution is 5.33. The Morgan fingerprint density at radius 2 is 2.22 bits per heavy atom. The van der Waals surface area contributed by atoms with Gasteiger partial charge < -0.3 is 15.4 Å². The lowest BCUT2D eigenvalue weighted by Gasteiger charge is -2.34. The molecule has 0 aromatic carbocycles. The predicted octanol–water partition coefficient (Wildman–Crippen LogP) is 0.133. The topological polar surface area (TPSA) is 71.5 Å². The third-order valence-corrected chi connectivity index (χ3v) is 3.67. The van der Waals surface area contributed by atoms with Crippen LogP contribution in [0, 0.1) is 5.92 Å². The molecule has 0 amide bonds. The van der Waals surface area contributed by atoms with Crippen LogP contribution in [0.3, 0.4) is 0 Å². The zero-order valence-electron chi connectivity index (χ0n) is 10.7. The first-order valence-electron chi connectivity index (χ1n) is 6.42. The molecule has 2 heterocycles. The van der Waals surface area contributed by atoms with E-state index in [2.05, 4.69) is 11.8 Å². The van der Waals surface area contributed by atoms with Gasteiger partial charge in [0.05, 0.1) is 6.10 Å². The summed E-state index contributed by atoms with van der Waals surface area (Å²) in [4.78, 5) is 13.8. The largest absolute Gasteiger partial charge is 0.398 e. The van der Waals surface area contributed by atoms with Crippen molar-refractivity contribution in [2.75, 3.05) is 25.4 Å². The molecule has 1 aliphatic rings. The summed E-state index contributed by atoms with van der Waals surface area (Å²) in [5, 5.41) is 9.81. The minimum Gasteiger partial charge on any atom is -0.398 e. The Morgan fingerprint density at radius 1 is 1.44 bits per heavy atom. The van der Waals surface area contributed by atoms with E-state index in [4.69, 9.17) is 5.73 Å². The maximum absolute atomic E-state index is 11.6. The van der Waals surface area contributed by atoms with Gasteiger partial charge in [0.25, 0.3) is 5.56 Å². The number of anilines is 1. The number of likely N-dealkylation sites (tertiary alicyclic amines) is 1. The van der Waals surface area contributed by atoms with Crippen molar-refractivity contribution in [2.24, 2.45) is 5.92 Å². The van der Waals surface area contributed by atoms with Gasteiger partial charge in [-0.25, -0.2) is 0 Å². The Balaban J connectivity index is 1.92. The molecule has 0 radical (unpaired) electrons. The molecule has 5 nitrogen and oxygen atoms in total. The van der Waals surface area contributed by atoms with Crippen LogP contribution in [-0.2, 0) is 6.54 Å². The van der Waals surface area contributed by atoms with E-state index in [1.807, 2.05) is 0 Å². The number of nitrogens with two attached hydrogens (primary N) is 1. The summed E-state index contributed by atoms with van der Waals surface area (Å²) < 4.78 is 1.62. The Hall–Kier alpha value is -1.33. The lowest BCUT2D eigenvalue weighted by atomic mass is 9.96. The van der Waals surface area contributed by atoms with E-state index in [0.717, 1.165) is 19.5 Å². The van der Waals surface area contributed by atoms with Crippen LogP contribution in [0.15, 0.2) is 23.1 Å². The van der Waals surface area contributed by atoms with Crippen molar-refractivity contribution < 1.29 is 5.11 Å². The fourth-order valence-corrected chi connectivity index (χ4v) is 2.29.